The Labute approximate surface area is 229 Å². The van der Waals surface area contributed by atoms with Crippen molar-refractivity contribution in [2.24, 2.45) is 52.3 Å². The van der Waals surface area contributed by atoms with Gasteiger partial charge in [-0.15, -0.1) is 0 Å². The van der Waals surface area contributed by atoms with Crippen molar-refractivity contribution in [2.45, 2.75) is 111 Å². The van der Waals surface area contributed by atoms with E-state index in [9.17, 15) is 19.8 Å². The van der Waals surface area contributed by atoms with Gasteiger partial charge in [0, 0.05) is 13.0 Å². The minimum absolute atomic E-state index is 0.208. The number of hydrogen-bond donors (Lipinski definition) is 3. The van der Waals surface area contributed by atoms with E-state index in [-0.39, 0.29) is 41.3 Å². The number of carbonyl (C=O) groups excluding carboxylic acids is 2. The highest BCUT2D eigenvalue weighted by Gasteiger charge is 2.64. The molecule has 0 aromatic heterocycles. The molecule has 0 aromatic rings. The van der Waals surface area contributed by atoms with E-state index in [1.165, 1.54) is 32.8 Å². The third-order valence-electron chi connectivity index (χ3n) is 12.0. The van der Waals surface area contributed by atoms with Crippen molar-refractivity contribution >= 4 is 12.1 Å². The molecule has 1 amide bonds. The molecule has 4 saturated carbocycles. The van der Waals surface area contributed by atoms with Crippen LogP contribution in [-0.4, -0.2) is 54.7 Å². The van der Waals surface area contributed by atoms with Crippen molar-refractivity contribution in [3.05, 3.63) is 0 Å². The van der Waals surface area contributed by atoms with Gasteiger partial charge in [0.25, 0.3) is 0 Å². The van der Waals surface area contributed by atoms with Crippen molar-refractivity contribution in [2.75, 3.05) is 20.3 Å². The first-order chi connectivity index (χ1) is 18.1. The minimum Gasteiger partial charge on any atom is -0.469 e. The fraction of sp³-hybridized carbons (Fsp3) is 0.935. The number of carbonyl (C=O) groups is 2. The summed E-state index contributed by atoms with van der Waals surface area (Å²) in [5.41, 5.74) is 0.445. The zero-order valence-electron chi connectivity index (χ0n) is 24.4. The third kappa shape index (κ3) is 5.48. The number of ether oxygens (including phenoxy) is 2. The summed E-state index contributed by atoms with van der Waals surface area (Å²) < 4.78 is 10.1. The summed E-state index contributed by atoms with van der Waals surface area (Å²) in [4.78, 5) is 23.3. The standard InChI is InChI=1S/C31H53NO6/c1-6-21-25-18-20(33)11-14-31(25,4)24-12-15-30(3)22(9-10-23(30)27(24)28(21)35)19(2)13-17-38-29(36)32-16-7-8-26(34)37-5/h19-25,27-28,33,35H,6-18H2,1-5H3,(H,32,36)/t19-,20-,21-,22-,23?,24?,25+,27+,28-,30-,31-/m1/s1. The topological polar surface area (TPSA) is 105 Å². The van der Waals surface area contributed by atoms with Gasteiger partial charge in [-0.05, 0) is 110 Å². The van der Waals surface area contributed by atoms with Crippen LogP contribution in [0.5, 0.6) is 0 Å². The normalized spacial score (nSPS) is 42.8. The van der Waals surface area contributed by atoms with Crippen molar-refractivity contribution < 1.29 is 29.3 Å². The van der Waals surface area contributed by atoms with Crippen LogP contribution in [-0.2, 0) is 14.3 Å². The molecule has 0 radical (unpaired) electrons. The molecule has 7 heteroatoms. The number of aliphatic hydroxyl groups is 2. The van der Waals surface area contributed by atoms with Gasteiger partial charge in [0.1, 0.15) is 0 Å². The Kier molecular flexibility index (Phi) is 9.39. The van der Waals surface area contributed by atoms with E-state index >= 15 is 0 Å². The lowest BCUT2D eigenvalue weighted by atomic mass is 9.41. The van der Waals surface area contributed by atoms with Crippen molar-refractivity contribution in [3.63, 3.8) is 0 Å². The zero-order valence-corrected chi connectivity index (χ0v) is 24.4. The SMILES string of the molecule is CC[C@H]1[C@@H](O)[C@H]2C3CC[C@H]([C@H](C)CCOC(=O)NCCCC(=O)OC)[C@@]3(C)CCC2[C@@]2(C)CC[C@@H](O)C[C@@H]12. The summed E-state index contributed by atoms with van der Waals surface area (Å²) in [6, 6.07) is 0. The van der Waals surface area contributed by atoms with Gasteiger partial charge < -0.3 is 25.0 Å². The molecule has 4 rings (SSSR count). The number of alkyl carbamates (subject to hydrolysis) is 1. The maximum absolute atomic E-state index is 12.1. The molecule has 0 spiro atoms. The Balaban J connectivity index is 1.35. The van der Waals surface area contributed by atoms with Gasteiger partial charge in [0.05, 0.1) is 25.9 Å². The molecule has 4 aliphatic rings. The van der Waals surface area contributed by atoms with Crippen LogP contribution in [0.3, 0.4) is 0 Å². The van der Waals surface area contributed by atoms with E-state index in [0.29, 0.717) is 55.1 Å². The average molecular weight is 536 g/mol. The Morgan fingerprint density at radius 3 is 2.45 bits per heavy atom. The van der Waals surface area contributed by atoms with Crippen LogP contribution >= 0.6 is 0 Å². The van der Waals surface area contributed by atoms with Crippen LogP contribution in [0.2, 0.25) is 0 Å². The summed E-state index contributed by atoms with van der Waals surface area (Å²) in [5.74, 6) is 2.92. The summed E-state index contributed by atoms with van der Waals surface area (Å²) in [7, 11) is 1.36. The summed E-state index contributed by atoms with van der Waals surface area (Å²) in [6.45, 7) is 10.3. The predicted octanol–water partition coefficient (Wildman–Crippen LogP) is 5.32. The van der Waals surface area contributed by atoms with E-state index in [2.05, 4.69) is 37.7 Å². The number of hydrogen-bond acceptors (Lipinski definition) is 6. The van der Waals surface area contributed by atoms with Gasteiger partial charge in [0.2, 0.25) is 0 Å². The Hall–Kier alpha value is -1.34. The number of nitrogens with one attached hydrogen (secondary N) is 1. The molecule has 0 heterocycles. The maximum atomic E-state index is 12.1. The Bertz CT molecular complexity index is 835. The maximum Gasteiger partial charge on any atom is 0.407 e. The molecule has 0 bridgehead atoms. The van der Waals surface area contributed by atoms with Crippen LogP contribution in [0.15, 0.2) is 0 Å². The van der Waals surface area contributed by atoms with Crippen molar-refractivity contribution in [1.29, 1.82) is 0 Å². The van der Waals surface area contributed by atoms with Crippen molar-refractivity contribution in [1.82, 2.24) is 5.32 Å². The summed E-state index contributed by atoms with van der Waals surface area (Å²) in [5, 5.41) is 25.1. The quantitative estimate of drug-likeness (QED) is 0.273. The molecular weight excluding hydrogens is 482 g/mol. The Morgan fingerprint density at radius 2 is 1.74 bits per heavy atom. The molecule has 11 atom stereocenters. The van der Waals surface area contributed by atoms with Gasteiger partial charge in [-0.3, -0.25) is 4.79 Å². The van der Waals surface area contributed by atoms with Crippen LogP contribution in [0.1, 0.15) is 98.3 Å². The van der Waals surface area contributed by atoms with Gasteiger partial charge in [-0.1, -0.05) is 34.1 Å². The molecule has 0 saturated heterocycles. The second-order valence-electron chi connectivity index (χ2n) is 13.6. The first kappa shape index (κ1) is 29.6. The predicted molar refractivity (Wildman–Crippen MR) is 146 cm³/mol. The van der Waals surface area contributed by atoms with Gasteiger partial charge in [-0.2, -0.15) is 0 Å². The van der Waals surface area contributed by atoms with Crippen LogP contribution in [0.4, 0.5) is 4.79 Å². The van der Waals surface area contributed by atoms with E-state index < -0.39 is 6.09 Å². The molecule has 4 fully saturated rings. The average Bonchev–Trinajstić information content (AvgIpc) is 3.25. The largest absolute Gasteiger partial charge is 0.469 e. The minimum atomic E-state index is -0.422. The number of aliphatic hydroxyl groups excluding tert-OH is 2. The Morgan fingerprint density at radius 1 is 1.03 bits per heavy atom. The monoisotopic (exact) mass is 535 g/mol. The van der Waals surface area contributed by atoms with Crippen LogP contribution in [0.25, 0.3) is 0 Å². The molecule has 0 aliphatic heterocycles. The molecule has 7 nitrogen and oxygen atoms in total. The van der Waals surface area contributed by atoms with Crippen molar-refractivity contribution in [3.8, 4) is 0 Å². The highest BCUT2D eigenvalue weighted by atomic mass is 16.5. The fourth-order valence-electron chi connectivity index (χ4n) is 10.0. The summed E-state index contributed by atoms with van der Waals surface area (Å²) in [6.07, 6.45) is 9.38. The van der Waals surface area contributed by atoms with Gasteiger partial charge in [0.15, 0.2) is 0 Å². The number of rotatable bonds is 9. The lowest BCUT2D eigenvalue weighted by Crippen LogP contribution is -2.62. The van der Waals surface area contributed by atoms with Crippen LogP contribution < -0.4 is 5.32 Å². The van der Waals surface area contributed by atoms with Crippen LogP contribution in [0, 0.1) is 52.3 Å². The number of esters is 1. The second kappa shape index (κ2) is 12.0. The lowest BCUT2D eigenvalue weighted by molar-refractivity contribution is -0.203. The zero-order chi connectivity index (χ0) is 27.7. The number of amides is 1. The van der Waals surface area contributed by atoms with Gasteiger partial charge in [-0.25, -0.2) is 4.79 Å². The fourth-order valence-corrected chi connectivity index (χ4v) is 10.0. The molecule has 218 valence electrons. The van der Waals surface area contributed by atoms with E-state index in [1.54, 1.807) is 0 Å². The molecular formula is C31H53NO6. The molecule has 4 aliphatic carbocycles. The lowest BCUT2D eigenvalue weighted by Gasteiger charge is -2.64. The first-order valence-electron chi connectivity index (χ1n) is 15.4. The number of methoxy groups -OCH3 is 1. The second-order valence-corrected chi connectivity index (χ2v) is 13.6. The van der Waals surface area contributed by atoms with E-state index in [4.69, 9.17) is 4.74 Å². The molecule has 2 unspecified atom stereocenters. The van der Waals surface area contributed by atoms with E-state index in [1.807, 2.05) is 0 Å². The molecule has 3 N–H and O–H groups in total. The molecule has 38 heavy (non-hydrogen) atoms. The third-order valence-corrected chi connectivity index (χ3v) is 12.0. The molecule has 0 aromatic carbocycles. The smallest absolute Gasteiger partial charge is 0.407 e. The highest BCUT2D eigenvalue weighted by molar-refractivity contribution is 5.69. The summed E-state index contributed by atoms with van der Waals surface area (Å²) >= 11 is 0. The number of fused-ring (bicyclic) bond motifs is 5. The van der Waals surface area contributed by atoms with E-state index in [0.717, 1.165) is 32.1 Å². The highest BCUT2D eigenvalue weighted by Crippen LogP contribution is 2.69. The first-order valence-corrected chi connectivity index (χ1v) is 15.4. The van der Waals surface area contributed by atoms with Gasteiger partial charge >= 0.3 is 12.1 Å².